The van der Waals surface area contributed by atoms with E-state index in [1.165, 1.54) is 29.4 Å². The van der Waals surface area contributed by atoms with Crippen molar-refractivity contribution in [3.05, 3.63) is 30.0 Å². The highest BCUT2D eigenvalue weighted by Crippen LogP contribution is 2.28. The summed E-state index contributed by atoms with van der Waals surface area (Å²) in [5.74, 6) is 1.56. The molecule has 0 unspecified atom stereocenters. The fraction of sp³-hybridized carbons (Fsp3) is 0.429. The van der Waals surface area contributed by atoms with Gasteiger partial charge in [-0.15, -0.1) is 0 Å². The first-order chi connectivity index (χ1) is 7.78. The maximum absolute atomic E-state index is 5.23. The third-order valence-electron chi connectivity index (χ3n) is 3.27. The van der Waals surface area contributed by atoms with E-state index in [1.54, 1.807) is 7.11 Å². The lowest BCUT2D eigenvalue weighted by atomic mass is 10.00. The Morgan fingerprint density at radius 1 is 1.19 bits per heavy atom. The summed E-state index contributed by atoms with van der Waals surface area (Å²) >= 11 is 0. The molecule has 0 fully saturated rings. The first-order valence-corrected chi connectivity index (χ1v) is 5.95. The third kappa shape index (κ3) is 1.92. The van der Waals surface area contributed by atoms with E-state index in [4.69, 9.17) is 4.74 Å². The molecular formula is C14H19NO. The van der Waals surface area contributed by atoms with E-state index in [0.29, 0.717) is 5.92 Å². The van der Waals surface area contributed by atoms with E-state index < -0.39 is 0 Å². The standard InChI is InChI=1S/C14H19NO/c1-4-10(5-2)14-9-11-8-12(16-3)6-7-13(11)15-14/h6-10,15H,4-5H2,1-3H3. The van der Waals surface area contributed by atoms with Gasteiger partial charge in [-0.05, 0) is 43.0 Å². The van der Waals surface area contributed by atoms with Gasteiger partial charge < -0.3 is 9.72 Å². The van der Waals surface area contributed by atoms with Crippen molar-refractivity contribution in [1.82, 2.24) is 4.98 Å². The summed E-state index contributed by atoms with van der Waals surface area (Å²) < 4.78 is 5.23. The number of fused-ring (bicyclic) bond motifs is 1. The molecular weight excluding hydrogens is 198 g/mol. The topological polar surface area (TPSA) is 25.0 Å². The second-order valence-corrected chi connectivity index (χ2v) is 4.19. The number of methoxy groups -OCH3 is 1. The molecule has 0 spiro atoms. The second-order valence-electron chi connectivity index (χ2n) is 4.19. The molecule has 0 saturated heterocycles. The number of hydrogen-bond acceptors (Lipinski definition) is 1. The van der Waals surface area contributed by atoms with Crippen LogP contribution in [0.15, 0.2) is 24.3 Å². The molecule has 2 nitrogen and oxygen atoms in total. The number of benzene rings is 1. The summed E-state index contributed by atoms with van der Waals surface area (Å²) in [5, 5.41) is 1.24. The number of aromatic amines is 1. The lowest BCUT2D eigenvalue weighted by Gasteiger charge is -2.08. The molecule has 1 heterocycles. The van der Waals surface area contributed by atoms with Crippen molar-refractivity contribution in [2.75, 3.05) is 7.11 Å². The summed E-state index contributed by atoms with van der Waals surface area (Å²) in [6, 6.07) is 8.41. The smallest absolute Gasteiger partial charge is 0.119 e. The molecule has 0 bridgehead atoms. The highest BCUT2D eigenvalue weighted by Gasteiger charge is 2.10. The fourth-order valence-corrected chi connectivity index (χ4v) is 2.21. The lowest BCUT2D eigenvalue weighted by Crippen LogP contribution is -1.94. The lowest BCUT2D eigenvalue weighted by molar-refractivity contribution is 0.415. The monoisotopic (exact) mass is 217 g/mol. The number of H-pyrrole nitrogens is 1. The van der Waals surface area contributed by atoms with Crippen LogP contribution in [0.4, 0.5) is 0 Å². The number of rotatable bonds is 4. The maximum atomic E-state index is 5.23. The molecule has 0 atom stereocenters. The molecule has 0 radical (unpaired) electrons. The van der Waals surface area contributed by atoms with Crippen molar-refractivity contribution in [3.63, 3.8) is 0 Å². The van der Waals surface area contributed by atoms with Crippen LogP contribution < -0.4 is 4.74 Å². The molecule has 1 aromatic heterocycles. The normalized spacial score (nSPS) is 11.2. The Hall–Kier alpha value is -1.44. The van der Waals surface area contributed by atoms with Crippen molar-refractivity contribution >= 4 is 10.9 Å². The quantitative estimate of drug-likeness (QED) is 0.820. The zero-order valence-corrected chi connectivity index (χ0v) is 10.2. The summed E-state index contributed by atoms with van der Waals surface area (Å²) in [4.78, 5) is 3.49. The Bertz CT molecular complexity index is 469. The summed E-state index contributed by atoms with van der Waals surface area (Å²) in [6.45, 7) is 4.47. The van der Waals surface area contributed by atoms with E-state index in [9.17, 15) is 0 Å². The third-order valence-corrected chi connectivity index (χ3v) is 3.27. The predicted octanol–water partition coefficient (Wildman–Crippen LogP) is 4.08. The Labute approximate surface area is 96.6 Å². The predicted molar refractivity (Wildman–Crippen MR) is 68.2 cm³/mol. The van der Waals surface area contributed by atoms with Gasteiger partial charge in [-0.3, -0.25) is 0 Å². The van der Waals surface area contributed by atoms with Gasteiger partial charge in [0.25, 0.3) is 0 Å². The van der Waals surface area contributed by atoms with Gasteiger partial charge in [-0.25, -0.2) is 0 Å². The van der Waals surface area contributed by atoms with Crippen LogP contribution in [-0.4, -0.2) is 12.1 Å². The molecule has 2 heteroatoms. The highest BCUT2D eigenvalue weighted by molar-refractivity contribution is 5.82. The largest absolute Gasteiger partial charge is 0.497 e. The van der Waals surface area contributed by atoms with Crippen LogP contribution in [0.1, 0.15) is 38.3 Å². The number of ether oxygens (including phenoxy) is 1. The van der Waals surface area contributed by atoms with Crippen molar-refractivity contribution in [3.8, 4) is 5.75 Å². The van der Waals surface area contributed by atoms with E-state index >= 15 is 0 Å². The second kappa shape index (κ2) is 4.60. The van der Waals surface area contributed by atoms with Crippen LogP contribution in [0.2, 0.25) is 0 Å². The van der Waals surface area contributed by atoms with Crippen molar-refractivity contribution < 1.29 is 4.74 Å². The van der Waals surface area contributed by atoms with Crippen molar-refractivity contribution in [2.45, 2.75) is 32.6 Å². The average molecular weight is 217 g/mol. The van der Waals surface area contributed by atoms with Crippen LogP contribution in [0, 0.1) is 0 Å². The average Bonchev–Trinajstić information content (AvgIpc) is 2.72. The highest BCUT2D eigenvalue weighted by atomic mass is 16.5. The maximum Gasteiger partial charge on any atom is 0.119 e. The van der Waals surface area contributed by atoms with Crippen LogP contribution in [0.25, 0.3) is 10.9 Å². The summed E-state index contributed by atoms with van der Waals surface area (Å²) in [7, 11) is 1.70. The minimum Gasteiger partial charge on any atom is -0.497 e. The Morgan fingerprint density at radius 2 is 1.94 bits per heavy atom. The van der Waals surface area contributed by atoms with Crippen LogP contribution in [0.5, 0.6) is 5.75 Å². The van der Waals surface area contributed by atoms with E-state index in [1.807, 2.05) is 6.07 Å². The van der Waals surface area contributed by atoms with Gasteiger partial charge in [0.2, 0.25) is 0 Å². The van der Waals surface area contributed by atoms with Crippen LogP contribution in [0.3, 0.4) is 0 Å². The zero-order valence-electron chi connectivity index (χ0n) is 10.2. The Balaban J connectivity index is 2.43. The molecule has 1 aromatic carbocycles. The van der Waals surface area contributed by atoms with E-state index in [0.717, 1.165) is 5.75 Å². The van der Waals surface area contributed by atoms with Crippen LogP contribution >= 0.6 is 0 Å². The number of aromatic nitrogens is 1. The van der Waals surface area contributed by atoms with E-state index in [2.05, 4.69) is 37.0 Å². The number of nitrogens with one attached hydrogen (secondary N) is 1. The summed E-state index contributed by atoms with van der Waals surface area (Å²) in [6.07, 6.45) is 2.36. The van der Waals surface area contributed by atoms with Gasteiger partial charge in [-0.2, -0.15) is 0 Å². The minimum absolute atomic E-state index is 0.637. The van der Waals surface area contributed by atoms with Gasteiger partial charge in [-0.1, -0.05) is 13.8 Å². The zero-order chi connectivity index (χ0) is 11.5. The molecule has 0 aliphatic carbocycles. The molecule has 1 N–H and O–H groups in total. The molecule has 2 aromatic rings. The molecule has 16 heavy (non-hydrogen) atoms. The Kier molecular flexibility index (Phi) is 3.18. The molecule has 2 rings (SSSR count). The van der Waals surface area contributed by atoms with Crippen LogP contribution in [-0.2, 0) is 0 Å². The van der Waals surface area contributed by atoms with Gasteiger partial charge in [0.05, 0.1) is 7.11 Å². The SMILES string of the molecule is CCC(CC)c1cc2cc(OC)ccc2[nH]1. The minimum atomic E-state index is 0.637. The van der Waals surface area contributed by atoms with Gasteiger partial charge in [0.1, 0.15) is 5.75 Å². The van der Waals surface area contributed by atoms with Crippen molar-refractivity contribution in [2.24, 2.45) is 0 Å². The Morgan fingerprint density at radius 3 is 2.56 bits per heavy atom. The first kappa shape index (κ1) is 11.1. The number of hydrogen-bond donors (Lipinski definition) is 1. The van der Waals surface area contributed by atoms with Gasteiger partial charge in [0, 0.05) is 16.6 Å². The first-order valence-electron chi connectivity index (χ1n) is 5.95. The van der Waals surface area contributed by atoms with E-state index in [-0.39, 0.29) is 0 Å². The van der Waals surface area contributed by atoms with Gasteiger partial charge >= 0.3 is 0 Å². The van der Waals surface area contributed by atoms with Gasteiger partial charge in [0.15, 0.2) is 0 Å². The molecule has 0 aliphatic rings. The molecule has 0 aliphatic heterocycles. The summed E-state index contributed by atoms with van der Waals surface area (Å²) in [5.41, 5.74) is 2.54. The fourth-order valence-electron chi connectivity index (χ4n) is 2.21. The molecule has 0 saturated carbocycles. The van der Waals surface area contributed by atoms with Crippen molar-refractivity contribution in [1.29, 1.82) is 0 Å². The molecule has 0 amide bonds. The molecule has 86 valence electrons.